The maximum atomic E-state index is 13.0. The topological polar surface area (TPSA) is 24.9 Å². The highest BCUT2D eigenvalue weighted by molar-refractivity contribution is 6.30. The van der Waals surface area contributed by atoms with Crippen molar-refractivity contribution in [2.24, 2.45) is 0 Å². The van der Waals surface area contributed by atoms with Crippen LogP contribution in [0.5, 0.6) is 0 Å². The number of benzene rings is 1. The fraction of sp³-hybridized carbons (Fsp3) is 0.154. The molecule has 0 aliphatic rings. The van der Waals surface area contributed by atoms with Crippen LogP contribution in [-0.2, 0) is 0 Å². The van der Waals surface area contributed by atoms with Crippen LogP contribution in [0.15, 0.2) is 42.7 Å². The van der Waals surface area contributed by atoms with Crippen LogP contribution in [0.4, 0.5) is 10.1 Å². The van der Waals surface area contributed by atoms with Gasteiger partial charge in [0.15, 0.2) is 0 Å². The number of hydrogen-bond donors (Lipinski definition) is 1. The van der Waals surface area contributed by atoms with Gasteiger partial charge in [-0.2, -0.15) is 0 Å². The van der Waals surface area contributed by atoms with E-state index in [2.05, 4.69) is 10.3 Å². The molecular weight excluding hydrogens is 239 g/mol. The summed E-state index contributed by atoms with van der Waals surface area (Å²) < 4.78 is 13.0. The number of anilines is 1. The normalized spacial score (nSPS) is 12.2. The maximum Gasteiger partial charge on any atom is 0.141 e. The van der Waals surface area contributed by atoms with Crippen molar-refractivity contribution in [3.63, 3.8) is 0 Å². The highest BCUT2D eigenvalue weighted by atomic mass is 35.5. The van der Waals surface area contributed by atoms with Crippen LogP contribution < -0.4 is 5.32 Å². The van der Waals surface area contributed by atoms with Crippen molar-refractivity contribution in [2.75, 3.05) is 5.32 Å². The Morgan fingerprint density at radius 1 is 1.29 bits per heavy atom. The van der Waals surface area contributed by atoms with E-state index in [-0.39, 0.29) is 11.9 Å². The molecule has 0 saturated heterocycles. The van der Waals surface area contributed by atoms with Gasteiger partial charge in [0.25, 0.3) is 0 Å². The standard InChI is InChI=1S/C13H12ClFN2/c1-9(10-5-12(15)8-16-7-10)17-13-4-2-3-11(14)6-13/h2-9,17H,1H3. The molecule has 0 fully saturated rings. The molecule has 0 aliphatic heterocycles. The summed E-state index contributed by atoms with van der Waals surface area (Å²) in [4.78, 5) is 3.82. The van der Waals surface area contributed by atoms with Crippen molar-refractivity contribution in [3.05, 3.63) is 59.1 Å². The van der Waals surface area contributed by atoms with Gasteiger partial charge in [-0.1, -0.05) is 17.7 Å². The minimum absolute atomic E-state index is 0.0309. The van der Waals surface area contributed by atoms with E-state index in [1.807, 2.05) is 25.1 Å². The lowest BCUT2D eigenvalue weighted by molar-refractivity contribution is 0.616. The average molecular weight is 251 g/mol. The molecule has 0 radical (unpaired) electrons. The van der Waals surface area contributed by atoms with Gasteiger partial charge < -0.3 is 5.32 Å². The van der Waals surface area contributed by atoms with E-state index in [0.717, 1.165) is 11.3 Å². The zero-order chi connectivity index (χ0) is 12.3. The first-order valence-electron chi connectivity index (χ1n) is 5.28. The third kappa shape index (κ3) is 3.17. The molecular formula is C13H12ClFN2. The van der Waals surface area contributed by atoms with E-state index in [0.29, 0.717) is 5.02 Å². The molecule has 1 atom stereocenters. The molecule has 2 nitrogen and oxygen atoms in total. The Labute approximate surface area is 104 Å². The number of nitrogens with one attached hydrogen (secondary N) is 1. The van der Waals surface area contributed by atoms with Gasteiger partial charge in [-0.3, -0.25) is 4.98 Å². The van der Waals surface area contributed by atoms with Gasteiger partial charge in [0.05, 0.1) is 12.2 Å². The van der Waals surface area contributed by atoms with Gasteiger partial charge in [0.1, 0.15) is 5.82 Å². The van der Waals surface area contributed by atoms with Gasteiger partial charge in [-0.05, 0) is 36.8 Å². The second kappa shape index (κ2) is 5.15. The largest absolute Gasteiger partial charge is 0.378 e. The Morgan fingerprint density at radius 2 is 2.12 bits per heavy atom. The van der Waals surface area contributed by atoms with Crippen molar-refractivity contribution in [1.29, 1.82) is 0 Å². The van der Waals surface area contributed by atoms with Crippen LogP contribution in [0.2, 0.25) is 5.02 Å². The highest BCUT2D eigenvalue weighted by Crippen LogP contribution is 2.21. The molecule has 0 aliphatic carbocycles. The molecule has 1 aromatic heterocycles. The molecule has 0 amide bonds. The zero-order valence-electron chi connectivity index (χ0n) is 9.32. The maximum absolute atomic E-state index is 13.0. The molecule has 1 heterocycles. The summed E-state index contributed by atoms with van der Waals surface area (Å²) in [5.74, 6) is -0.331. The van der Waals surface area contributed by atoms with Gasteiger partial charge in [0.2, 0.25) is 0 Å². The Hall–Kier alpha value is -1.61. The monoisotopic (exact) mass is 250 g/mol. The molecule has 88 valence electrons. The molecule has 2 rings (SSSR count). The third-order valence-electron chi connectivity index (χ3n) is 2.43. The minimum atomic E-state index is -0.331. The SMILES string of the molecule is CC(Nc1cccc(Cl)c1)c1cncc(F)c1. The predicted molar refractivity (Wildman–Crippen MR) is 67.7 cm³/mol. The smallest absolute Gasteiger partial charge is 0.141 e. The number of hydrogen-bond acceptors (Lipinski definition) is 2. The lowest BCUT2D eigenvalue weighted by Gasteiger charge is -2.15. The number of pyridine rings is 1. The first-order chi connectivity index (χ1) is 8.15. The lowest BCUT2D eigenvalue weighted by Crippen LogP contribution is -2.07. The molecule has 17 heavy (non-hydrogen) atoms. The molecule has 0 spiro atoms. The second-order valence-corrected chi connectivity index (χ2v) is 4.25. The van der Waals surface area contributed by atoms with Crippen molar-refractivity contribution in [1.82, 2.24) is 4.98 Å². The fourth-order valence-electron chi connectivity index (χ4n) is 1.58. The summed E-state index contributed by atoms with van der Waals surface area (Å²) in [5, 5.41) is 3.90. The molecule has 1 unspecified atom stereocenters. The first kappa shape index (κ1) is 11.9. The van der Waals surface area contributed by atoms with Crippen LogP contribution >= 0.6 is 11.6 Å². The van der Waals surface area contributed by atoms with E-state index in [1.54, 1.807) is 12.3 Å². The molecule has 0 bridgehead atoms. The third-order valence-corrected chi connectivity index (χ3v) is 2.67. The van der Waals surface area contributed by atoms with Crippen LogP contribution in [-0.4, -0.2) is 4.98 Å². The fourth-order valence-corrected chi connectivity index (χ4v) is 1.77. The summed E-state index contributed by atoms with van der Waals surface area (Å²) in [6, 6.07) is 8.84. The van der Waals surface area contributed by atoms with Gasteiger partial charge in [-0.25, -0.2) is 4.39 Å². The number of aromatic nitrogens is 1. The Bertz CT molecular complexity index is 516. The molecule has 0 saturated carbocycles. The highest BCUT2D eigenvalue weighted by Gasteiger charge is 2.06. The van der Waals surface area contributed by atoms with Gasteiger partial charge >= 0.3 is 0 Å². The van der Waals surface area contributed by atoms with E-state index >= 15 is 0 Å². The number of halogens is 2. The first-order valence-corrected chi connectivity index (χ1v) is 5.65. The van der Waals surface area contributed by atoms with Crippen molar-refractivity contribution in [3.8, 4) is 0 Å². The summed E-state index contributed by atoms with van der Waals surface area (Å²) >= 11 is 5.89. The van der Waals surface area contributed by atoms with Crippen molar-refractivity contribution < 1.29 is 4.39 Å². The van der Waals surface area contributed by atoms with Gasteiger partial charge in [0, 0.05) is 16.9 Å². The van der Waals surface area contributed by atoms with E-state index in [1.165, 1.54) is 12.3 Å². The van der Waals surface area contributed by atoms with Crippen LogP contribution in [0.25, 0.3) is 0 Å². The van der Waals surface area contributed by atoms with Crippen molar-refractivity contribution >= 4 is 17.3 Å². The predicted octanol–water partition coefficient (Wildman–Crippen LogP) is 4.05. The summed E-state index contributed by atoms with van der Waals surface area (Å²) in [6.45, 7) is 1.94. The minimum Gasteiger partial charge on any atom is -0.378 e. The van der Waals surface area contributed by atoms with E-state index < -0.39 is 0 Å². The van der Waals surface area contributed by atoms with E-state index in [4.69, 9.17) is 11.6 Å². The Kier molecular flexibility index (Phi) is 3.59. The van der Waals surface area contributed by atoms with Crippen LogP contribution in [0, 0.1) is 5.82 Å². The molecule has 1 N–H and O–H groups in total. The van der Waals surface area contributed by atoms with Crippen LogP contribution in [0.3, 0.4) is 0 Å². The Morgan fingerprint density at radius 3 is 2.82 bits per heavy atom. The number of rotatable bonds is 3. The molecule has 2 aromatic rings. The zero-order valence-corrected chi connectivity index (χ0v) is 10.1. The summed E-state index contributed by atoms with van der Waals surface area (Å²) in [6.07, 6.45) is 2.83. The molecule has 1 aromatic carbocycles. The lowest BCUT2D eigenvalue weighted by atomic mass is 10.1. The second-order valence-electron chi connectivity index (χ2n) is 3.81. The summed E-state index contributed by atoms with van der Waals surface area (Å²) in [7, 11) is 0. The van der Waals surface area contributed by atoms with Crippen LogP contribution in [0.1, 0.15) is 18.5 Å². The van der Waals surface area contributed by atoms with Gasteiger partial charge in [-0.15, -0.1) is 0 Å². The Balaban J connectivity index is 2.14. The van der Waals surface area contributed by atoms with Crippen molar-refractivity contribution in [2.45, 2.75) is 13.0 Å². The summed E-state index contributed by atoms with van der Waals surface area (Å²) in [5.41, 5.74) is 1.69. The quantitative estimate of drug-likeness (QED) is 0.889. The van der Waals surface area contributed by atoms with E-state index in [9.17, 15) is 4.39 Å². The molecule has 4 heteroatoms. The number of nitrogens with zero attached hydrogens (tertiary/aromatic N) is 1. The average Bonchev–Trinajstić information content (AvgIpc) is 2.29.